The maximum absolute atomic E-state index is 12.6. The van der Waals surface area contributed by atoms with Gasteiger partial charge in [0.25, 0.3) is 0 Å². The highest BCUT2D eigenvalue weighted by molar-refractivity contribution is 7.47. The van der Waals surface area contributed by atoms with Crippen LogP contribution in [0.2, 0.25) is 0 Å². The van der Waals surface area contributed by atoms with Gasteiger partial charge in [0.1, 0.15) is 6.61 Å². The molecule has 394 valence electrons. The van der Waals surface area contributed by atoms with E-state index in [0.717, 1.165) is 70.6 Å². The Hall–Kier alpha value is -3.33. The molecule has 0 amide bonds. The third-order valence-corrected chi connectivity index (χ3v) is 12.2. The van der Waals surface area contributed by atoms with Gasteiger partial charge in [-0.3, -0.25) is 18.6 Å². The molecule has 0 radical (unpaired) electrons. The molecule has 0 rings (SSSR count). The third-order valence-electron chi connectivity index (χ3n) is 11.2. The second-order valence-corrected chi connectivity index (χ2v) is 19.2. The van der Waals surface area contributed by atoms with Crippen molar-refractivity contribution in [2.45, 2.75) is 225 Å². The van der Waals surface area contributed by atoms with Crippen LogP contribution in [0.1, 0.15) is 219 Å². The van der Waals surface area contributed by atoms with Gasteiger partial charge in [0.2, 0.25) is 0 Å². The van der Waals surface area contributed by atoms with E-state index in [1.165, 1.54) is 116 Å². The number of rotatable bonds is 50. The number of carbonyl (C=O) groups excluding carboxylic acids is 2. The van der Waals surface area contributed by atoms with E-state index >= 15 is 0 Å². The molecule has 0 bridgehead atoms. The predicted molar refractivity (Wildman–Crippen MR) is 293 cm³/mol. The zero-order valence-corrected chi connectivity index (χ0v) is 44.6. The highest BCUT2D eigenvalue weighted by Crippen LogP contribution is 2.43. The molecule has 0 aromatic rings. The number of hydrogen-bond donors (Lipinski definition) is 2. The van der Waals surface area contributed by atoms with Crippen LogP contribution >= 0.6 is 7.82 Å². The Balaban J connectivity index is 3.94. The number of allylic oxidation sites excluding steroid dienone is 17. The number of phosphoric acid groups is 1. The summed E-state index contributed by atoms with van der Waals surface area (Å²) >= 11 is 0. The summed E-state index contributed by atoms with van der Waals surface area (Å²) < 4.78 is 32.8. The van der Waals surface area contributed by atoms with Crippen molar-refractivity contribution in [1.29, 1.82) is 0 Å². The molecule has 0 saturated heterocycles. The van der Waals surface area contributed by atoms with Gasteiger partial charge in [-0.15, -0.1) is 0 Å². The minimum absolute atomic E-state index is 0.00520. The van der Waals surface area contributed by atoms with Crippen molar-refractivity contribution in [3.05, 3.63) is 109 Å². The van der Waals surface area contributed by atoms with Gasteiger partial charge in [0.15, 0.2) is 6.10 Å². The molecule has 0 aliphatic carbocycles. The van der Waals surface area contributed by atoms with E-state index in [1.54, 1.807) is 6.08 Å². The van der Waals surface area contributed by atoms with Gasteiger partial charge in [-0.2, -0.15) is 0 Å². The Morgan fingerprint density at radius 3 is 1.19 bits per heavy atom. The van der Waals surface area contributed by atoms with Crippen LogP contribution in [-0.4, -0.2) is 49.3 Å². The van der Waals surface area contributed by atoms with Gasteiger partial charge in [0.05, 0.1) is 19.6 Å². The average Bonchev–Trinajstić information content (AvgIpc) is 3.34. The minimum Gasteiger partial charge on any atom is -0.462 e. The van der Waals surface area contributed by atoms with Crippen LogP contribution in [0.25, 0.3) is 0 Å². The van der Waals surface area contributed by atoms with Crippen LogP contribution in [0.4, 0.5) is 0 Å². The molecular formula is C59H100NO8P. The highest BCUT2D eigenvalue weighted by Gasteiger charge is 2.25. The topological polar surface area (TPSA) is 134 Å². The van der Waals surface area contributed by atoms with Gasteiger partial charge in [-0.25, -0.2) is 4.57 Å². The van der Waals surface area contributed by atoms with Crippen molar-refractivity contribution >= 4 is 19.8 Å². The van der Waals surface area contributed by atoms with Gasteiger partial charge in [0, 0.05) is 13.0 Å². The molecule has 0 fully saturated rings. The zero-order valence-electron chi connectivity index (χ0n) is 43.8. The summed E-state index contributed by atoms with van der Waals surface area (Å²) in [6, 6.07) is 0. The molecule has 10 heteroatoms. The van der Waals surface area contributed by atoms with Crippen LogP contribution < -0.4 is 5.73 Å². The largest absolute Gasteiger partial charge is 0.472 e. The zero-order chi connectivity index (χ0) is 50.2. The fourth-order valence-corrected chi connectivity index (χ4v) is 8.00. The SMILES string of the molecule is CC/C=C\C/C=C\C/C=C\C/C=C\C/C=C\CC(=O)OC(COC(=O)CCCCCCCCCCCCCCCCCCCCCC/C=C\C/C=C\C/C=C\C/C=C\CC)COP(=O)(O)OCCN. The predicted octanol–water partition coefficient (Wildman–Crippen LogP) is 17.1. The Morgan fingerprint density at radius 2 is 0.797 bits per heavy atom. The first-order chi connectivity index (χ1) is 33.8. The first-order valence-electron chi connectivity index (χ1n) is 27.4. The molecule has 0 aliphatic heterocycles. The molecule has 0 spiro atoms. The summed E-state index contributed by atoms with van der Waals surface area (Å²) in [6.07, 6.45) is 73.4. The second-order valence-electron chi connectivity index (χ2n) is 17.7. The first kappa shape index (κ1) is 65.7. The average molecular weight is 982 g/mol. The summed E-state index contributed by atoms with van der Waals surface area (Å²) in [6.45, 7) is 3.40. The van der Waals surface area contributed by atoms with E-state index in [-0.39, 0.29) is 32.6 Å². The third kappa shape index (κ3) is 53.9. The van der Waals surface area contributed by atoms with Crippen molar-refractivity contribution < 1.29 is 37.6 Å². The summed E-state index contributed by atoms with van der Waals surface area (Å²) in [5, 5.41) is 0. The number of esters is 2. The van der Waals surface area contributed by atoms with Crippen LogP contribution in [0.5, 0.6) is 0 Å². The fourth-order valence-electron chi connectivity index (χ4n) is 7.23. The number of ether oxygens (including phenoxy) is 2. The van der Waals surface area contributed by atoms with Crippen LogP contribution in [0, 0.1) is 0 Å². The Morgan fingerprint density at radius 1 is 0.449 bits per heavy atom. The van der Waals surface area contributed by atoms with E-state index < -0.39 is 32.5 Å². The lowest BCUT2D eigenvalue weighted by Crippen LogP contribution is -2.29. The normalized spacial score (nSPS) is 14.0. The summed E-state index contributed by atoms with van der Waals surface area (Å²) in [4.78, 5) is 35.0. The van der Waals surface area contributed by atoms with E-state index in [9.17, 15) is 19.0 Å². The lowest BCUT2D eigenvalue weighted by molar-refractivity contribution is -0.160. The smallest absolute Gasteiger partial charge is 0.462 e. The van der Waals surface area contributed by atoms with Gasteiger partial charge in [-0.1, -0.05) is 239 Å². The van der Waals surface area contributed by atoms with Crippen LogP contribution in [0.3, 0.4) is 0 Å². The van der Waals surface area contributed by atoms with E-state index in [2.05, 4.69) is 105 Å². The Labute approximate surface area is 422 Å². The maximum Gasteiger partial charge on any atom is 0.472 e. The summed E-state index contributed by atoms with van der Waals surface area (Å²) in [7, 11) is -4.41. The molecular weight excluding hydrogens is 882 g/mol. The van der Waals surface area contributed by atoms with Gasteiger partial charge < -0.3 is 20.1 Å². The van der Waals surface area contributed by atoms with E-state index in [1.807, 2.05) is 12.2 Å². The van der Waals surface area contributed by atoms with Crippen LogP contribution in [0.15, 0.2) is 109 Å². The van der Waals surface area contributed by atoms with Crippen molar-refractivity contribution in [3.8, 4) is 0 Å². The number of nitrogens with two attached hydrogens (primary N) is 1. The van der Waals surface area contributed by atoms with Gasteiger partial charge >= 0.3 is 19.8 Å². The van der Waals surface area contributed by atoms with Crippen molar-refractivity contribution in [3.63, 3.8) is 0 Å². The maximum atomic E-state index is 12.6. The van der Waals surface area contributed by atoms with E-state index in [4.69, 9.17) is 24.3 Å². The minimum atomic E-state index is -4.41. The standard InChI is InChI=1S/C59H100NO8P/c1-3-5-7-9-11-13-15-17-19-20-21-22-23-24-25-26-27-28-29-30-31-32-33-34-35-36-38-39-41-43-45-47-49-51-58(61)65-55-57(56-67-69(63,64)66-54-53-60)68-59(62)52-50-48-46-44-42-40-37-18-16-14-12-10-8-6-4-2/h5-8,11-14,17-19,21-22,37,42,44,48,50,57H,3-4,9-10,15-16,20,23-36,38-41,43,45-47,49,51-56,60H2,1-2H3,(H,63,64)/b7-5-,8-6-,13-11-,14-12-,19-17-,22-21-,37-18-,44-42-,50-48-. The number of unbranched alkanes of at least 4 members (excludes halogenated alkanes) is 20. The molecule has 0 aromatic heterocycles. The Bertz CT molecular complexity index is 1490. The molecule has 0 saturated carbocycles. The van der Waals surface area contributed by atoms with E-state index in [0.29, 0.717) is 6.42 Å². The van der Waals surface area contributed by atoms with Gasteiger partial charge in [-0.05, 0) is 77.0 Å². The molecule has 9 nitrogen and oxygen atoms in total. The molecule has 0 aromatic carbocycles. The quantitative estimate of drug-likeness (QED) is 0.0264. The van der Waals surface area contributed by atoms with Crippen molar-refractivity contribution in [2.24, 2.45) is 5.73 Å². The molecule has 0 heterocycles. The molecule has 0 aliphatic rings. The number of hydrogen-bond acceptors (Lipinski definition) is 8. The molecule has 3 N–H and O–H groups in total. The molecule has 2 unspecified atom stereocenters. The fraction of sp³-hybridized carbons (Fsp3) is 0.661. The number of phosphoric ester groups is 1. The summed E-state index contributed by atoms with van der Waals surface area (Å²) in [5.41, 5.74) is 5.36. The lowest BCUT2D eigenvalue weighted by atomic mass is 10.0. The van der Waals surface area contributed by atoms with Crippen molar-refractivity contribution in [2.75, 3.05) is 26.4 Å². The highest BCUT2D eigenvalue weighted by atomic mass is 31.2. The first-order valence-corrected chi connectivity index (χ1v) is 28.9. The molecule has 2 atom stereocenters. The van der Waals surface area contributed by atoms with Crippen LogP contribution in [-0.2, 0) is 32.7 Å². The number of carbonyl (C=O) groups is 2. The lowest BCUT2D eigenvalue weighted by Gasteiger charge is -2.19. The van der Waals surface area contributed by atoms with Crippen molar-refractivity contribution in [1.82, 2.24) is 0 Å². The second kappa shape index (κ2) is 54.0. The summed E-state index contributed by atoms with van der Waals surface area (Å²) in [5.74, 6) is -0.977. The monoisotopic (exact) mass is 982 g/mol. The molecule has 69 heavy (non-hydrogen) atoms. The Kier molecular flexibility index (Phi) is 51.4.